The Hall–Kier alpha value is -3.38. The van der Waals surface area contributed by atoms with Crippen molar-refractivity contribution in [2.45, 2.75) is 70.9 Å². The lowest BCUT2D eigenvalue weighted by Gasteiger charge is -2.36. The Bertz CT molecular complexity index is 1470. The van der Waals surface area contributed by atoms with Crippen LogP contribution in [0.15, 0.2) is 53.4 Å². The van der Waals surface area contributed by atoms with Crippen molar-refractivity contribution in [3.05, 3.63) is 59.8 Å². The van der Waals surface area contributed by atoms with E-state index >= 15 is 0 Å². The number of halogens is 1. The fourth-order valence-corrected chi connectivity index (χ4v) is 4.97. The van der Waals surface area contributed by atoms with E-state index in [0.29, 0.717) is 28.5 Å². The first kappa shape index (κ1) is 33.1. The van der Waals surface area contributed by atoms with Gasteiger partial charge in [-0.3, -0.25) is 4.99 Å². The van der Waals surface area contributed by atoms with Crippen LogP contribution in [-0.2, 0) is 30.3 Å². The van der Waals surface area contributed by atoms with E-state index in [4.69, 9.17) is 19.0 Å². The summed E-state index contributed by atoms with van der Waals surface area (Å²) in [6.45, 7) is 8.88. The van der Waals surface area contributed by atoms with E-state index in [-0.39, 0.29) is 25.6 Å². The Balaban J connectivity index is 2.00. The second kappa shape index (κ2) is 14.7. The lowest BCUT2D eigenvalue weighted by molar-refractivity contribution is -0.166. The maximum absolute atomic E-state index is 13.4. The molecule has 0 aliphatic rings. The number of allylic oxidation sites excluding steroid dienone is 1. The molecule has 0 saturated heterocycles. The minimum Gasteiger partial charge on any atom is -0.392 e. The van der Waals surface area contributed by atoms with Crippen molar-refractivity contribution in [3.63, 3.8) is 0 Å². The van der Waals surface area contributed by atoms with Gasteiger partial charge in [0.2, 0.25) is 5.60 Å². The van der Waals surface area contributed by atoms with Gasteiger partial charge in [-0.15, -0.1) is 6.42 Å². The van der Waals surface area contributed by atoms with Crippen LogP contribution in [0.5, 0.6) is 0 Å². The number of aromatic nitrogens is 4. The van der Waals surface area contributed by atoms with Crippen molar-refractivity contribution in [2.24, 2.45) is 4.99 Å². The quantitative estimate of drug-likeness (QED) is 0.145. The van der Waals surface area contributed by atoms with Gasteiger partial charge in [0.25, 0.3) is 0 Å². The molecule has 3 atom stereocenters. The number of carbonyl (C=O) groups excluding carboxylic acids is 1. The summed E-state index contributed by atoms with van der Waals surface area (Å²) in [6.07, 6.45) is 9.76. The number of aryl methyl sites for hydroxylation is 1. The Morgan fingerprint density at radius 1 is 1.29 bits per heavy atom. The molecule has 0 spiro atoms. The molecule has 12 heteroatoms. The van der Waals surface area contributed by atoms with E-state index in [1.54, 1.807) is 44.0 Å². The van der Waals surface area contributed by atoms with Crippen LogP contribution in [0.25, 0.3) is 11.2 Å². The third-order valence-corrected chi connectivity index (χ3v) is 7.01. The van der Waals surface area contributed by atoms with Crippen molar-refractivity contribution < 1.29 is 22.4 Å². The van der Waals surface area contributed by atoms with Gasteiger partial charge in [0.1, 0.15) is 17.4 Å². The summed E-state index contributed by atoms with van der Waals surface area (Å²) < 4.78 is 18.9. The predicted octanol–water partition coefficient (Wildman–Crippen LogP) is 4.22. The summed E-state index contributed by atoms with van der Waals surface area (Å²) in [5.41, 5.74) is -1.34. The minimum atomic E-state index is -1.89. The Morgan fingerprint density at radius 3 is 2.57 bits per heavy atom. The predicted molar refractivity (Wildman–Crippen MR) is 170 cm³/mol. The number of fused-ring (bicyclic) bond motifs is 1. The number of aliphatic imine (C=N–C) groups is 1. The number of hydrogen-bond acceptors (Lipinski definition) is 10. The highest BCUT2D eigenvalue weighted by molar-refractivity contribution is 14.1. The van der Waals surface area contributed by atoms with Crippen molar-refractivity contribution in [2.75, 3.05) is 19.0 Å². The second-order valence-corrected chi connectivity index (χ2v) is 10.4. The molecule has 11 nitrogen and oxygen atoms in total. The molecule has 0 saturated carbocycles. The van der Waals surface area contributed by atoms with Gasteiger partial charge in [-0.05, 0) is 40.2 Å². The molecule has 2 N–H and O–H groups in total. The molecular formula is C30H37IN6O5. The van der Waals surface area contributed by atoms with E-state index in [1.807, 2.05) is 44.2 Å². The first-order chi connectivity index (χ1) is 20.1. The maximum atomic E-state index is 13.4. The maximum Gasteiger partial charge on any atom is 0.354 e. The van der Waals surface area contributed by atoms with Crippen LogP contribution in [0.3, 0.4) is 0 Å². The summed E-state index contributed by atoms with van der Waals surface area (Å²) >= 11 is 1.53. The molecule has 0 amide bonds. The molecule has 0 bridgehead atoms. The van der Waals surface area contributed by atoms with Crippen molar-refractivity contribution in [3.8, 4) is 12.3 Å². The van der Waals surface area contributed by atoms with Crippen LogP contribution in [0.2, 0.25) is 0 Å². The van der Waals surface area contributed by atoms with Gasteiger partial charge in [0.15, 0.2) is 40.1 Å². The Kier molecular flexibility index (Phi) is 11.6. The summed E-state index contributed by atoms with van der Waals surface area (Å²) in [7, 11) is 1.41. The van der Waals surface area contributed by atoms with Gasteiger partial charge in [-0.1, -0.05) is 42.3 Å². The molecule has 0 aliphatic carbocycles. The molecule has 3 aromatic rings. The fraction of sp³-hybridized carbons (Fsp3) is 0.433. The van der Waals surface area contributed by atoms with E-state index < -0.39 is 23.3 Å². The highest BCUT2D eigenvalue weighted by Crippen LogP contribution is 2.32. The average Bonchev–Trinajstić information content (AvgIpc) is 3.37. The molecule has 1 aromatic carbocycles. The summed E-state index contributed by atoms with van der Waals surface area (Å²) in [5, 5.41) is 15.0. The number of hydrogen-bond donors (Lipinski definition) is 2. The number of rotatable bonds is 14. The smallest absolute Gasteiger partial charge is 0.354 e. The lowest BCUT2D eigenvalue weighted by Crippen LogP contribution is -2.52. The Labute approximate surface area is 260 Å². The first-order valence-electron chi connectivity index (χ1n) is 13.4. The van der Waals surface area contributed by atoms with Crippen molar-refractivity contribution >= 4 is 52.2 Å². The molecule has 2 unspecified atom stereocenters. The third-order valence-electron chi connectivity index (χ3n) is 6.61. The first-order valence-corrected chi connectivity index (χ1v) is 14.3. The number of imidazole rings is 1. The standard InChI is InChI=1S/C30H37IN6O5/c1-8-23(32-10-3)30(28(38)42-31,16-22-14-12-11-13-15-22)41-17-24(40-7)29(39,9-2)18-37-19-33-25-26(34-20(4)5)35-21(6)36-27(25)37/h2,8,10-15,19-20,24,39H,16-18H2,1,3-7H3,(H,34,35,36)/b23-8-,32-10-/t24?,29-,30?/m0/s1. The van der Waals surface area contributed by atoms with Gasteiger partial charge in [-0.25, -0.2) is 19.7 Å². The van der Waals surface area contributed by atoms with Gasteiger partial charge in [-0.2, -0.15) is 0 Å². The summed E-state index contributed by atoms with van der Waals surface area (Å²) in [6, 6.07) is 9.49. The van der Waals surface area contributed by atoms with Crippen molar-refractivity contribution in [1.82, 2.24) is 19.5 Å². The summed E-state index contributed by atoms with van der Waals surface area (Å²) in [5.74, 6) is 2.92. The van der Waals surface area contributed by atoms with Crippen LogP contribution in [0.1, 0.15) is 39.1 Å². The number of ether oxygens (including phenoxy) is 2. The van der Waals surface area contributed by atoms with E-state index in [1.165, 1.54) is 30.1 Å². The van der Waals surface area contributed by atoms with Gasteiger partial charge in [0.05, 0.1) is 25.2 Å². The number of carbonyl (C=O) groups is 1. The topological polar surface area (TPSA) is 133 Å². The van der Waals surface area contributed by atoms with Crippen LogP contribution < -0.4 is 5.32 Å². The molecule has 42 heavy (non-hydrogen) atoms. The number of nitrogens with zero attached hydrogens (tertiary/aromatic N) is 5. The SMILES string of the molecule is C#C[C@](O)(Cn1cnc2c(NC(C)C)nc(C)nc21)C(COC(Cc1ccccc1)(C(=O)OI)C(=C/C)/N=C\C)OC. The lowest BCUT2D eigenvalue weighted by atomic mass is 9.90. The van der Waals surface area contributed by atoms with E-state index in [2.05, 4.69) is 31.2 Å². The molecule has 3 rings (SSSR count). The normalized spacial score (nSPS) is 15.8. The monoisotopic (exact) mass is 688 g/mol. The zero-order valence-electron chi connectivity index (χ0n) is 24.7. The van der Waals surface area contributed by atoms with Crippen LogP contribution in [0.4, 0.5) is 5.82 Å². The molecular weight excluding hydrogens is 651 g/mol. The van der Waals surface area contributed by atoms with E-state index in [9.17, 15) is 9.90 Å². The van der Waals surface area contributed by atoms with Crippen molar-refractivity contribution in [1.29, 1.82) is 0 Å². The van der Waals surface area contributed by atoms with Gasteiger partial charge < -0.3 is 27.5 Å². The number of anilines is 1. The summed E-state index contributed by atoms with van der Waals surface area (Å²) in [4.78, 5) is 31.3. The van der Waals surface area contributed by atoms with E-state index in [0.717, 1.165) is 5.56 Å². The highest BCUT2D eigenvalue weighted by atomic mass is 127. The highest BCUT2D eigenvalue weighted by Gasteiger charge is 2.48. The number of methoxy groups -OCH3 is 1. The van der Waals surface area contributed by atoms with Gasteiger partial charge in [0, 0.05) is 25.8 Å². The number of aliphatic hydroxyl groups is 1. The second-order valence-electron chi connectivity index (χ2n) is 9.98. The molecule has 2 heterocycles. The van der Waals surface area contributed by atoms with Crippen LogP contribution >= 0.6 is 23.0 Å². The van der Waals surface area contributed by atoms with Gasteiger partial charge >= 0.3 is 5.97 Å². The average molecular weight is 689 g/mol. The minimum absolute atomic E-state index is 0.117. The zero-order chi connectivity index (χ0) is 30.9. The Morgan fingerprint density at radius 2 is 2.00 bits per heavy atom. The number of nitrogens with one attached hydrogen (secondary N) is 1. The van der Waals surface area contributed by atoms with Crippen LogP contribution in [0, 0.1) is 19.3 Å². The molecule has 0 fully saturated rings. The third kappa shape index (κ3) is 7.33. The zero-order valence-corrected chi connectivity index (χ0v) is 26.8. The molecule has 0 aliphatic heterocycles. The van der Waals surface area contributed by atoms with Crippen LogP contribution in [-0.4, -0.2) is 73.9 Å². The largest absolute Gasteiger partial charge is 0.392 e. The molecule has 224 valence electrons. The molecule has 2 aromatic heterocycles. The fourth-order valence-electron chi connectivity index (χ4n) is 4.61. The number of benzene rings is 1. The number of terminal acetylenes is 1. The molecule has 0 radical (unpaired) electrons.